The SMILES string of the molecule is CC(c1ccccc1)n1c(=O)c2c(nc(CC(C)(C)C)n2Cc2ccc(-c3ccccc3-c3nnn[nH]3)cc2)n(-c2ccccc2)c1=O. The van der Waals surface area contributed by atoms with Gasteiger partial charge in [0, 0.05) is 18.5 Å². The van der Waals surface area contributed by atoms with E-state index in [1.54, 1.807) is 4.57 Å². The number of aromatic nitrogens is 8. The van der Waals surface area contributed by atoms with Gasteiger partial charge in [-0.3, -0.25) is 9.36 Å². The van der Waals surface area contributed by atoms with Crippen molar-refractivity contribution in [3.8, 4) is 28.2 Å². The van der Waals surface area contributed by atoms with Crippen molar-refractivity contribution in [3.05, 3.63) is 147 Å². The summed E-state index contributed by atoms with van der Waals surface area (Å²) < 4.78 is 4.94. The molecule has 3 aromatic heterocycles. The minimum atomic E-state index is -0.501. The van der Waals surface area contributed by atoms with Crippen molar-refractivity contribution in [2.75, 3.05) is 0 Å². The van der Waals surface area contributed by atoms with Crippen molar-refractivity contribution in [2.24, 2.45) is 5.41 Å². The average molecular weight is 637 g/mol. The minimum Gasteiger partial charge on any atom is -0.318 e. The first-order valence-electron chi connectivity index (χ1n) is 16.0. The van der Waals surface area contributed by atoms with E-state index in [1.165, 1.54) is 4.57 Å². The van der Waals surface area contributed by atoms with Crippen molar-refractivity contribution >= 4 is 11.2 Å². The van der Waals surface area contributed by atoms with Gasteiger partial charge in [0.2, 0.25) is 0 Å². The molecule has 0 amide bonds. The van der Waals surface area contributed by atoms with Gasteiger partial charge in [-0.15, -0.1) is 5.10 Å². The van der Waals surface area contributed by atoms with Crippen LogP contribution in [0.25, 0.3) is 39.4 Å². The van der Waals surface area contributed by atoms with Crippen LogP contribution in [-0.4, -0.2) is 39.3 Å². The number of benzene rings is 4. The predicted molar refractivity (Wildman–Crippen MR) is 187 cm³/mol. The van der Waals surface area contributed by atoms with Gasteiger partial charge < -0.3 is 4.57 Å². The third kappa shape index (κ3) is 5.77. The number of imidazole rings is 1. The van der Waals surface area contributed by atoms with Gasteiger partial charge in [0.1, 0.15) is 5.82 Å². The number of hydrogen-bond acceptors (Lipinski definition) is 6. The Morgan fingerprint density at radius 1 is 0.792 bits per heavy atom. The topological polar surface area (TPSA) is 116 Å². The first-order valence-corrected chi connectivity index (χ1v) is 16.0. The second-order valence-corrected chi connectivity index (χ2v) is 13.2. The van der Waals surface area contributed by atoms with Gasteiger partial charge in [0.05, 0.1) is 11.7 Å². The minimum absolute atomic E-state index is 0.128. The molecule has 4 aromatic carbocycles. The number of aromatic amines is 1. The average Bonchev–Trinajstić information content (AvgIpc) is 3.74. The zero-order valence-corrected chi connectivity index (χ0v) is 27.3. The molecule has 7 rings (SSSR count). The van der Waals surface area contributed by atoms with Crippen molar-refractivity contribution < 1.29 is 0 Å². The van der Waals surface area contributed by atoms with Gasteiger partial charge in [-0.05, 0) is 57.2 Å². The maximum atomic E-state index is 14.6. The zero-order valence-electron chi connectivity index (χ0n) is 27.3. The smallest absolute Gasteiger partial charge is 0.318 e. The number of nitrogens with zero attached hydrogens (tertiary/aromatic N) is 7. The van der Waals surface area contributed by atoms with E-state index in [0.717, 1.165) is 33.6 Å². The fourth-order valence-electron chi connectivity index (χ4n) is 6.25. The van der Waals surface area contributed by atoms with E-state index in [4.69, 9.17) is 4.98 Å². The summed E-state index contributed by atoms with van der Waals surface area (Å²) in [7, 11) is 0. The number of H-pyrrole nitrogens is 1. The third-order valence-corrected chi connectivity index (χ3v) is 8.56. The second-order valence-electron chi connectivity index (χ2n) is 13.2. The van der Waals surface area contributed by atoms with Crippen molar-refractivity contribution in [1.82, 2.24) is 39.3 Å². The van der Waals surface area contributed by atoms with Crippen LogP contribution >= 0.6 is 0 Å². The van der Waals surface area contributed by atoms with E-state index in [9.17, 15) is 9.59 Å². The predicted octanol–water partition coefficient (Wildman–Crippen LogP) is 6.44. The summed E-state index contributed by atoms with van der Waals surface area (Å²) in [6.45, 7) is 8.73. The van der Waals surface area contributed by atoms with Crippen LogP contribution in [0.5, 0.6) is 0 Å². The van der Waals surface area contributed by atoms with Crippen LogP contribution in [-0.2, 0) is 13.0 Å². The molecule has 0 radical (unpaired) electrons. The standard InChI is InChI=1S/C38H36N8O2/c1-25(27-13-7-5-8-14-27)45-36(47)33-35(46(37(45)48)29-15-9-6-10-16-29)39-32(23-38(2,3)4)44(33)24-26-19-21-28(22-20-26)30-17-11-12-18-31(30)34-40-42-43-41-34/h5-22,25H,23-24H2,1-4H3,(H,40,41,42,43). The molecule has 240 valence electrons. The Balaban J connectivity index is 1.41. The summed E-state index contributed by atoms with van der Waals surface area (Å²) >= 11 is 0. The van der Waals surface area contributed by atoms with E-state index in [-0.39, 0.29) is 11.0 Å². The molecule has 0 spiro atoms. The molecule has 1 atom stereocenters. The molecule has 0 aliphatic heterocycles. The lowest BCUT2D eigenvalue weighted by Gasteiger charge is -2.20. The molecule has 1 N–H and O–H groups in total. The molecule has 1 unspecified atom stereocenters. The van der Waals surface area contributed by atoms with E-state index < -0.39 is 11.7 Å². The third-order valence-electron chi connectivity index (χ3n) is 8.56. The van der Waals surface area contributed by atoms with Crippen LogP contribution in [0.1, 0.15) is 50.7 Å². The van der Waals surface area contributed by atoms with Gasteiger partial charge in [-0.2, -0.15) is 0 Å². The summed E-state index contributed by atoms with van der Waals surface area (Å²) in [5.74, 6) is 1.34. The summed E-state index contributed by atoms with van der Waals surface area (Å²) in [6, 6.07) is 34.8. The highest BCUT2D eigenvalue weighted by Gasteiger charge is 2.27. The van der Waals surface area contributed by atoms with Crippen LogP contribution in [0.4, 0.5) is 0 Å². The highest BCUT2D eigenvalue weighted by molar-refractivity contribution is 5.80. The van der Waals surface area contributed by atoms with Crippen molar-refractivity contribution in [3.63, 3.8) is 0 Å². The molecule has 48 heavy (non-hydrogen) atoms. The number of hydrogen-bond donors (Lipinski definition) is 1. The molecule has 0 fully saturated rings. The molecule has 0 aliphatic rings. The van der Waals surface area contributed by atoms with Gasteiger partial charge in [0.25, 0.3) is 5.56 Å². The lowest BCUT2D eigenvalue weighted by molar-refractivity contribution is 0.394. The highest BCUT2D eigenvalue weighted by atomic mass is 16.2. The monoisotopic (exact) mass is 636 g/mol. The highest BCUT2D eigenvalue weighted by Crippen LogP contribution is 2.31. The Kier molecular flexibility index (Phi) is 7.92. The number of tetrazole rings is 1. The van der Waals surface area contributed by atoms with Crippen molar-refractivity contribution in [1.29, 1.82) is 0 Å². The van der Waals surface area contributed by atoms with Crippen LogP contribution in [0.15, 0.2) is 119 Å². The van der Waals surface area contributed by atoms with Gasteiger partial charge in [-0.25, -0.2) is 19.4 Å². The molecule has 10 heteroatoms. The molecule has 10 nitrogen and oxygen atoms in total. The normalized spacial score (nSPS) is 12.4. The summed E-state index contributed by atoms with van der Waals surface area (Å²) in [5, 5.41) is 14.4. The van der Waals surface area contributed by atoms with Gasteiger partial charge in [-0.1, -0.05) is 118 Å². The quantitative estimate of drug-likeness (QED) is 0.205. The molecular weight excluding hydrogens is 600 g/mol. The molecular formula is C38H36N8O2. The Labute approximate surface area is 277 Å². The maximum absolute atomic E-state index is 14.6. The molecule has 0 aliphatic carbocycles. The Bertz CT molecular complexity index is 2310. The first kappa shape index (κ1) is 30.7. The Morgan fingerprint density at radius 3 is 2.08 bits per heavy atom. The van der Waals surface area contributed by atoms with Crippen LogP contribution in [0.2, 0.25) is 0 Å². The molecule has 3 heterocycles. The van der Waals surface area contributed by atoms with E-state index in [1.807, 2.05) is 96.4 Å². The van der Waals surface area contributed by atoms with Gasteiger partial charge >= 0.3 is 5.69 Å². The first-order chi connectivity index (χ1) is 23.2. The van der Waals surface area contributed by atoms with Gasteiger partial charge in [0.15, 0.2) is 17.0 Å². The second kappa shape index (κ2) is 12.4. The van der Waals surface area contributed by atoms with Crippen LogP contribution in [0.3, 0.4) is 0 Å². The largest absolute Gasteiger partial charge is 0.337 e. The molecule has 7 aromatic rings. The summed E-state index contributed by atoms with van der Waals surface area (Å²) in [4.78, 5) is 34.0. The van der Waals surface area contributed by atoms with E-state index >= 15 is 0 Å². The summed E-state index contributed by atoms with van der Waals surface area (Å²) in [6.07, 6.45) is 0.606. The van der Waals surface area contributed by atoms with Crippen LogP contribution in [0, 0.1) is 5.41 Å². The number of rotatable bonds is 8. The molecule has 0 bridgehead atoms. The van der Waals surface area contributed by atoms with E-state index in [0.29, 0.717) is 35.6 Å². The summed E-state index contributed by atoms with van der Waals surface area (Å²) in [5.41, 5.74) is 5.25. The lowest BCUT2D eigenvalue weighted by atomic mass is 9.92. The molecule has 0 saturated carbocycles. The fraction of sp³-hybridized carbons (Fsp3) is 0.211. The number of nitrogens with one attached hydrogen (secondary N) is 1. The number of fused-ring (bicyclic) bond motifs is 1. The van der Waals surface area contributed by atoms with Crippen molar-refractivity contribution in [2.45, 2.75) is 46.7 Å². The van der Waals surface area contributed by atoms with E-state index in [2.05, 4.69) is 65.7 Å². The Morgan fingerprint density at radius 2 is 1.44 bits per heavy atom. The van der Waals surface area contributed by atoms with Crippen LogP contribution < -0.4 is 11.2 Å². The maximum Gasteiger partial charge on any atom is 0.337 e. The number of para-hydroxylation sites is 1. The zero-order chi connectivity index (χ0) is 33.4. The molecule has 0 saturated heterocycles. The lowest BCUT2D eigenvalue weighted by Crippen LogP contribution is -2.42. The fourth-order valence-corrected chi connectivity index (χ4v) is 6.25. The Hall–Kier alpha value is -5.90.